The Bertz CT molecular complexity index is 506. The largest absolute Gasteiger partial charge is 0.481 e. The third-order valence-corrected chi connectivity index (χ3v) is 3.89. The van der Waals surface area contributed by atoms with Crippen molar-refractivity contribution in [3.8, 4) is 11.4 Å². The second-order valence-corrected chi connectivity index (χ2v) is 5.10. The van der Waals surface area contributed by atoms with Gasteiger partial charge in [-0.2, -0.15) is 5.10 Å². The SMILES string of the molecule is Cn1nccc1-c1csc(SCC(=O)O)n1. The van der Waals surface area contributed by atoms with E-state index in [0.29, 0.717) is 0 Å². The molecule has 0 aliphatic carbocycles. The van der Waals surface area contributed by atoms with E-state index < -0.39 is 5.97 Å². The van der Waals surface area contributed by atoms with Crippen LogP contribution in [0.1, 0.15) is 0 Å². The Morgan fingerprint density at radius 1 is 1.69 bits per heavy atom. The topological polar surface area (TPSA) is 68.0 Å². The molecule has 1 N–H and O–H groups in total. The van der Waals surface area contributed by atoms with E-state index in [4.69, 9.17) is 5.11 Å². The van der Waals surface area contributed by atoms with Gasteiger partial charge >= 0.3 is 5.97 Å². The van der Waals surface area contributed by atoms with Crippen LogP contribution in [0.3, 0.4) is 0 Å². The summed E-state index contributed by atoms with van der Waals surface area (Å²) in [5, 5.41) is 14.5. The summed E-state index contributed by atoms with van der Waals surface area (Å²) in [5.74, 6) is -0.791. The second-order valence-electron chi connectivity index (χ2n) is 3.02. The van der Waals surface area contributed by atoms with Crippen LogP contribution in [0.4, 0.5) is 0 Å². The van der Waals surface area contributed by atoms with Crippen LogP contribution in [0, 0.1) is 0 Å². The standard InChI is InChI=1S/C9H9N3O2S2/c1-12-7(2-3-10-12)6-4-15-9(11-6)16-5-8(13)14/h2-4H,5H2,1H3,(H,13,14). The minimum atomic E-state index is -0.831. The summed E-state index contributed by atoms with van der Waals surface area (Å²) in [6.07, 6.45) is 1.71. The third kappa shape index (κ3) is 2.42. The summed E-state index contributed by atoms with van der Waals surface area (Å²) < 4.78 is 2.50. The Morgan fingerprint density at radius 3 is 3.12 bits per heavy atom. The van der Waals surface area contributed by atoms with Gasteiger partial charge in [0.25, 0.3) is 0 Å². The van der Waals surface area contributed by atoms with Gasteiger partial charge in [-0.25, -0.2) is 4.98 Å². The minimum absolute atomic E-state index is 0.0400. The number of carboxylic acid groups (broad SMARTS) is 1. The Balaban J connectivity index is 2.14. The van der Waals surface area contributed by atoms with E-state index >= 15 is 0 Å². The van der Waals surface area contributed by atoms with Crippen molar-refractivity contribution in [2.45, 2.75) is 4.34 Å². The van der Waals surface area contributed by atoms with E-state index in [-0.39, 0.29) is 5.75 Å². The fourth-order valence-electron chi connectivity index (χ4n) is 1.19. The number of aromatic nitrogens is 3. The van der Waals surface area contributed by atoms with E-state index in [1.165, 1.54) is 23.1 Å². The first-order valence-corrected chi connectivity index (χ1v) is 6.32. The van der Waals surface area contributed by atoms with Crippen LogP contribution in [0.5, 0.6) is 0 Å². The highest BCUT2D eigenvalue weighted by Crippen LogP contribution is 2.27. The molecule has 5 nitrogen and oxygen atoms in total. The number of aliphatic carboxylic acids is 1. The van der Waals surface area contributed by atoms with Gasteiger partial charge in [-0.3, -0.25) is 9.48 Å². The number of hydrogen-bond donors (Lipinski definition) is 1. The Hall–Kier alpha value is -1.34. The molecule has 0 bridgehead atoms. The molecule has 2 aromatic heterocycles. The lowest BCUT2D eigenvalue weighted by Gasteiger charge is -1.95. The van der Waals surface area contributed by atoms with Gasteiger partial charge < -0.3 is 5.11 Å². The quantitative estimate of drug-likeness (QED) is 0.842. The lowest BCUT2D eigenvalue weighted by molar-refractivity contribution is -0.133. The number of carbonyl (C=O) groups is 1. The molecule has 2 rings (SSSR count). The predicted octanol–water partition coefficient (Wildman–Crippen LogP) is 1.72. The summed E-state index contributed by atoms with van der Waals surface area (Å²) in [6, 6.07) is 1.88. The van der Waals surface area contributed by atoms with E-state index in [0.717, 1.165) is 15.7 Å². The van der Waals surface area contributed by atoms with Crippen LogP contribution >= 0.6 is 23.1 Å². The Labute approximate surface area is 100 Å². The van der Waals surface area contributed by atoms with Crippen molar-refractivity contribution < 1.29 is 9.90 Å². The fraction of sp³-hybridized carbons (Fsp3) is 0.222. The Morgan fingerprint density at radius 2 is 2.50 bits per heavy atom. The highest BCUT2D eigenvalue weighted by Gasteiger charge is 2.09. The van der Waals surface area contributed by atoms with Crippen molar-refractivity contribution >= 4 is 29.1 Å². The number of carboxylic acids is 1. The first-order valence-electron chi connectivity index (χ1n) is 4.45. The highest BCUT2D eigenvalue weighted by molar-refractivity contribution is 8.01. The van der Waals surface area contributed by atoms with Gasteiger partial charge in [-0.15, -0.1) is 11.3 Å². The van der Waals surface area contributed by atoms with Gasteiger partial charge in [0.15, 0.2) is 4.34 Å². The first-order chi connectivity index (χ1) is 7.66. The van der Waals surface area contributed by atoms with Crippen LogP contribution in [0.2, 0.25) is 0 Å². The zero-order valence-electron chi connectivity index (χ0n) is 8.45. The molecule has 0 saturated carbocycles. The van der Waals surface area contributed by atoms with E-state index in [1.807, 2.05) is 18.5 Å². The molecule has 84 valence electrons. The summed E-state index contributed by atoms with van der Waals surface area (Å²) in [7, 11) is 1.85. The zero-order valence-corrected chi connectivity index (χ0v) is 10.1. The van der Waals surface area contributed by atoms with Gasteiger partial charge in [-0.1, -0.05) is 11.8 Å². The number of hydrogen-bond acceptors (Lipinski definition) is 5. The predicted molar refractivity (Wildman–Crippen MR) is 62.7 cm³/mol. The molecule has 0 aromatic carbocycles. The third-order valence-electron chi connectivity index (χ3n) is 1.89. The van der Waals surface area contributed by atoms with Crippen molar-refractivity contribution in [1.82, 2.24) is 14.8 Å². The molecule has 2 heterocycles. The van der Waals surface area contributed by atoms with Gasteiger partial charge in [-0.05, 0) is 6.07 Å². The smallest absolute Gasteiger partial charge is 0.313 e. The maximum absolute atomic E-state index is 10.4. The van der Waals surface area contributed by atoms with Crippen LogP contribution in [-0.4, -0.2) is 31.6 Å². The number of nitrogens with zero attached hydrogens (tertiary/aromatic N) is 3. The molecule has 0 fully saturated rings. The Kier molecular flexibility index (Phi) is 3.25. The molecule has 0 unspecified atom stereocenters. The molecule has 16 heavy (non-hydrogen) atoms. The second kappa shape index (κ2) is 4.67. The normalized spacial score (nSPS) is 10.6. The minimum Gasteiger partial charge on any atom is -0.481 e. The number of aryl methyl sites for hydroxylation is 1. The van der Waals surface area contributed by atoms with Gasteiger partial charge in [0.1, 0.15) is 5.69 Å². The van der Waals surface area contributed by atoms with Gasteiger partial charge in [0.2, 0.25) is 0 Å². The summed E-state index contributed by atoms with van der Waals surface area (Å²) >= 11 is 2.68. The van der Waals surface area contributed by atoms with Gasteiger partial charge in [0, 0.05) is 18.6 Å². The average Bonchev–Trinajstić information content (AvgIpc) is 2.83. The maximum Gasteiger partial charge on any atom is 0.313 e. The van der Waals surface area contributed by atoms with Crippen molar-refractivity contribution in [3.63, 3.8) is 0 Å². The van der Waals surface area contributed by atoms with Crippen molar-refractivity contribution in [2.75, 3.05) is 5.75 Å². The van der Waals surface area contributed by atoms with Crippen LogP contribution in [0.25, 0.3) is 11.4 Å². The molecule has 7 heteroatoms. The van der Waals surface area contributed by atoms with Crippen molar-refractivity contribution in [1.29, 1.82) is 0 Å². The van der Waals surface area contributed by atoms with E-state index in [1.54, 1.807) is 10.9 Å². The summed E-state index contributed by atoms with van der Waals surface area (Å²) in [4.78, 5) is 14.7. The average molecular weight is 255 g/mol. The zero-order chi connectivity index (χ0) is 11.5. The molecule has 0 atom stereocenters. The molecule has 0 amide bonds. The van der Waals surface area contributed by atoms with E-state index in [9.17, 15) is 4.79 Å². The maximum atomic E-state index is 10.4. The van der Waals surface area contributed by atoms with Crippen LogP contribution < -0.4 is 0 Å². The van der Waals surface area contributed by atoms with Gasteiger partial charge in [0.05, 0.1) is 11.4 Å². The molecular weight excluding hydrogens is 246 g/mol. The highest BCUT2D eigenvalue weighted by atomic mass is 32.2. The molecule has 0 radical (unpaired) electrons. The van der Waals surface area contributed by atoms with Crippen LogP contribution in [-0.2, 0) is 11.8 Å². The van der Waals surface area contributed by atoms with Crippen LogP contribution in [0.15, 0.2) is 22.0 Å². The summed E-state index contributed by atoms with van der Waals surface area (Å²) in [5.41, 5.74) is 1.76. The molecule has 0 saturated heterocycles. The lowest BCUT2D eigenvalue weighted by Crippen LogP contribution is -1.97. The first kappa shape index (κ1) is 11.2. The number of rotatable bonds is 4. The fourth-order valence-corrected chi connectivity index (χ4v) is 2.73. The monoisotopic (exact) mass is 255 g/mol. The van der Waals surface area contributed by atoms with Crippen molar-refractivity contribution in [3.05, 3.63) is 17.6 Å². The number of thiazole rings is 1. The lowest BCUT2D eigenvalue weighted by atomic mass is 10.3. The molecule has 0 aliphatic rings. The molecule has 0 aliphatic heterocycles. The molecule has 0 spiro atoms. The molecular formula is C9H9N3O2S2. The van der Waals surface area contributed by atoms with Crippen molar-refractivity contribution in [2.24, 2.45) is 7.05 Å². The number of thioether (sulfide) groups is 1. The van der Waals surface area contributed by atoms with E-state index in [2.05, 4.69) is 10.1 Å². The summed E-state index contributed by atoms with van der Waals surface area (Å²) in [6.45, 7) is 0. The molecule has 2 aromatic rings.